The number of likely N-dealkylation sites (tertiary alicyclic amines) is 1. The van der Waals surface area contributed by atoms with E-state index in [1.54, 1.807) is 7.11 Å². The monoisotopic (exact) mass is 187 g/mol. The summed E-state index contributed by atoms with van der Waals surface area (Å²) in [6.07, 6.45) is 3.44. The molecule has 1 saturated heterocycles. The molecule has 1 rings (SSSR count). The Bertz CT molecular complexity index is 141. The maximum atomic E-state index is 9.56. The Balaban J connectivity index is 2.26. The standard InChI is InChI=1S/C10H21NO2/c1-3-9-5-4-6-11(9)7-10(12)8-13-2/h9-10,12H,3-8H2,1-2H3. The zero-order valence-corrected chi connectivity index (χ0v) is 8.70. The number of hydrogen-bond donors (Lipinski definition) is 1. The fourth-order valence-corrected chi connectivity index (χ4v) is 2.11. The van der Waals surface area contributed by atoms with Crippen molar-refractivity contribution in [1.29, 1.82) is 0 Å². The highest BCUT2D eigenvalue weighted by molar-refractivity contribution is 4.79. The van der Waals surface area contributed by atoms with Gasteiger partial charge in [-0.1, -0.05) is 6.92 Å². The van der Waals surface area contributed by atoms with E-state index in [0.29, 0.717) is 12.6 Å². The number of hydrogen-bond acceptors (Lipinski definition) is 3. The summed E-state index contributed by atoms with van der Waals surface area (Å²) in [5.41, 5.74) is 0. The minimum atomic E-state index is -0.322. The van der Waals surface area contributed by atoms with E-state index in [9.17, 15) is 5.11 Å². The first-order valence-corrected chi connectivity index (χ1v) is 5.19. The van der Waals surface area contributed by atoms with Crippen LogP contribution in [0, 0.1) is 0 Å². The lowest BCUT2D eigenvalue weighted by atomic mass is 10.1. The van der Waals surface area contributed by atoms with E-state index in [1.165, 1.54) is 19.3 Å². The average Bonchev–Trinajstić information content (AvgIpc) is 2.52. The van der Waals surface area contributed by atoms with Crippen molar-refractivity contribution < 1.29 is 9.84 Å². The first-order chi connectivity index (χ1) is 6.27. The topological polar surface area (TPSA) is 32.7 Å². The Morgan fingerprint density at radius 3 is 3.00 bits per heavy atom. The number of β-amino-alcohol motifs (C(OH)–C–C–N with tert-alkyl or cyclic N) is 1. The smallest absolute Gasteiger partial charge is 0.0900 e. The molecule has 0 spiro atoms. The van der Waals surface area contributed by atoms with Crippen LogP contribution in [-0.4, -0.2) is 49.0 Å². The zero-order chi connectivity index (χ0) is 9.68. The summed E-state index contributed by atoms with van der Waals surface area (Å²) >= 11 is 0. The molecule has 0 radical (unpaired) electrons. The second-order valence-electron chi connectivity index (χ2n) is 3.81. The Hall–Kier alpha value is -0.120. The molecular weight excluding hydrogens is 166 g/mol. The molecule has 1 N–H and O–H groups in total. The highest BCUT2D eigenvalue weighted by Gasteiger charge is 2.24. The van der Waals surface area contributed by atoms with E-state index in [2.05, 4.69) is 11.8 Å². The average molecular weight is 187 g/mol. The van der Waals surface area contributed by atoms with Gasteiger partial charge in [-0.25, -0.2) is 0 Å². The van der Waals surface area contributed by atoms with Gasteiger partial charge in [0, 0.05) is 19.7 Å². The maximum Gasteiger partial charge on any atom is 0.0900 e. The van der Waals surface area contributed by atoms with Gasteiger partial charge in [0.2, 0.25) is 0 Å². The van der Waals surface area contributed by atoms with Crippen LogP contribution in [0.4, 0.5) is 0 Å². The molecule has 0 bridgehead atoms. The van der Waals surface area contributed by atoms with Gasteiger partial charge in [-0.05, 0) is 25.8 Å². The summed E-state index contributed by atoms with van der Waals surface area (Å²) in [6, 6.07) is 0.687. The van der Waals surface area contributed by atoms with Crippen molar-refractivity contribution in [2.45, 2.75) is 38.3 Å². The molecule has 1 heterocycles. The lowest BCUT2D eigenvalue weighted by Gasteiger charge is -2.25. The Kier molecular flexibility index (Phi) is 4.70. The van der Waals surface area contributed by atoms with Gasteiger partial charge in [-0.3, -0.25) is 4.90 Å². The van der Waals surface area contributed by atoms with E-state index in [1.807, 2.05) is 0 Å². The third-order valence-corrected chi connectivity index (χ3v) is 2.77. The lowest BCUT2D eigenvalue weighted by Crippen LogP contribution is -2.37. The van der Waals surface area contributed by atoms with Crippen molar-refractivity contribution in [3.05, 3.63) is 0 Å². The largest absolute Gasteiger partial charge is 0.389 e. The molecule has 1 aliphatic rings. The van der Waals surface area contributed by atoms with Crippen molar-refractivity contribution in [3.63, 3.8) is 0 Å². The number of aliphatic hydroxyl groups is 1. The third kappa shape index (κ3) is 3.25. The quantitative estimate of drug-likeness (QED) is 0.693. The predicted molar refractivity (Wildman–Crippen MR) is 52.8 cm³/mol. The second kappa shape index (κ2) is 5.58. The van der Waals surface area contributed by atoms with E-state index in [-0.39, 0.29) is 6.10 Å². The number of nitrogens with zero attached hydrogens (tertiary/aromatic N) is 1. The van der Waals surface area contributed by atoms with Crippen molar-refractivity contribution in [2.75, 3.05) is 26.8 Å². The van der Waals surface area contributed by atoms with Crippen LogP contribution >= 0.6 is 0 Å². The Labute approximate surface area is 80.7 Å². The molecule has 0 aromatic heterocycles. The first-order valence-electron chi connectivity index (χ1n) is 5.19. The van der Waals surface area contributed by atoms with Gasteiger partial charge >= 0.3 is 0 Å². The zero-order valence-electron chi connectivity index (χ0n) is 8.70. The van der Waals surface area contributed by atoms with Crippen molar-refractivity contribution in [1.82, 2.24) is 4.90 Å². The molecule has 3 heteroatoms. The highest BCUT2D eigenvalue weighted by Crippen LogP contribution is 2.19. The highest BCUT2D eigenvalue weighted by atomic mass is 16.5. The SMILES string of the molecule is CCC1CCCN1CC(O)COC. The molecule has 2 atom stereocenters. The number of aliphatic hydroxyl groups excluding tert-OH is 1. The molecule has 0 aliphatic carbocycles. The molecule has 0 aromatic carbocycles. The van der Waals surface area contributed by atoms with Crippen molar-refractivity contribution in [2.24, 2.45) is 0 Å². The third-order valence-electron chi connectivity index (χ3n) is 2.77. The second-order valence-corrected chi connectivity index (χ2v) is 3.81. The molecule has 0 saturated carbocycles. The van der Waals surface area contributed by atoms with Gasteiger partial charge in [0.1, 0.15) is 0 Å². The van der Waals surface area contributed by atoms with Crippen LogP contribution in [0.5, 0.6) is 0 Å². The molecule has 1 aliphatic heterocycles. The van der Waals surface area contributed by atoms with Crippen LogP contribution in [0.2, 0.25) is 0 Å². The molecule has 2 unspecified atom stereocenters. The minimum Gasteiger partial charge on any atom is -0.389 e. The summed E-state index contributed by atoms with van der Waals surface area (Å²) in [7, 11) is 1.63. The van der Waals surface area contributed by atoms with Crippen LogP contribution in [-0.2, 0) is 4.74 Å². The summed E-state index contributed by atoms with van der Waals surface area (Å²) in [5.74, 6) is 0. The maximum absolute atomic E-state index is 9.56. The molecule has 0 amide bonds. The summed E-state index contributed by atoms with van der Waals surface area (Å²) < 4.78 is 4.91. The molecule has 1 fully saturated rings. The van der Waals surface area contributed by atoms with Crippen LogP contribution in [0.15, 0.2) is 0 Å². The summed E-state index contributed by atoms with van der Waals surface area (Å²) in [5, 5.41) is 9.56. The van der Waals surface area contributed by atoms with Gasteiger partial charge in [-0.15, -0.1) is 0 Å². The van der Waals surface area contributed by atoms with Crippen LogP contribution in [0.3, 0.4) is 0 Å². The van der Waals surface area contributed by atoms with Crippen molar-refractivity contribution >= 4 is 0 Å². The molecule has 78 valence electrons. The van der Waals surface area contributed by atoms with Crippen molar-refractivity contribution in [3.8, 4) is 0 Å². The predicted octanol–water partition coefficient (Wildman–Crippen LogP) is 0.868. The van der Waals surface area contributed by atoms with Gasteiger partial charge in [0.15, 0.2) is 0 Å². The van der Waals surface area contributed by atoms with Crippen LogP contribution < -0.4 is 0 Å². The van der Waals surface area contributed by atoms with Crippen LogP contribution in [0.25, 0.3) is 0 Å². The van der Waals surface area contributed by atoms with E-state index < -0.39 is 0 Å². The minimum absolute atomic E-state index is 0.322. The lowest BCUT2D eigenvalue weighted by molar-refractivity contribution is 0.0344. The molecule has 3 nitrogen and oxygen atoms in total. The fraction of sp³-hybridized carbons (Fsp3) is 1.00. The summed E-state index contributed by atoms with van der Waals surface area (Å²) in [6.45, 7) is 4.57. The van der Waals surface area contributed by atoms with E-state index >= 15 is 0 Å². The van der Waals surface area contributed by atoms with E-state index in [4.69, 9.17) is 4.74 Å². The van der Waals surface area contributed by atoms with Gasteiger partial charge in [0.05, 0.1) is 12.7 Å². The number of ether oxygens (including phenoxy) is 1. The molecule has 0 aromatic rings. The van der Waals surface area contributed by atoms with Gasteiger partial charge < -0.3 is 9.84 Å². The Morgan fingerprint density at radius 1 is 1.62 bits per heavy atom. The molecule has 13 heavy (non-hydrogen) atoms. The fourth-order valence-electron chi connectivity index (χ4n) is 2.11. The van der Waals surface area contributed by atoms with Gasteiger partial charge in [0.25, 0.3) is 0 Å². The number of methoxy groups -OCH3 is 1. The number of rotatable bonds is 5. The van der Waals surface area contributed by atoms with Gasteiger partial charge in [-0.2, -0.15) is 0 Å². The van der Waals surface area contributed by atoms with Crippen LogP contribution in [0.1, 0.15) is 26.2 Å². The Morgan fingerprint density at radius 2 is 2.38 bits per heavy atom. The normalized spacial score (nSPS) is 26.5. The van der Waals surface area contributed by atoms with E-state index in [0.717, 1.165) is 13.1 Å². The molecular formula is C10H21NO2. The first kappa shape index (κ1) is 11.0. The summed E-state index contributed by atoms with van der Waals surface area (Å²) in [4.78, 5) is 2.38.